The van der Waals surface area contributed by atoms with Crippen LogP contribution in [0.25, 0.3) is 11.5 Å². The molecule has 0 saturated carbocycles. The minimum Gasteiger partial charge on any atom is -0.350 e. The van der Waals surface area contributed by atoms with Gasteiger partial charge in [-0.2, -0.15) is 4.98 Å². The lowest BCUT2D eigenvalue weighted by molar-refractivity contribution is -0.130. The number of carbonyl (C=O) groups is 2. The molecule has 1 aliphatic heterocycles. The van der Waals surface area contributed by atoms with E-state index in [2.05, 4.69) is 29.3 Å². The molecule has 156 valence electrons. The number of halogens is 1. The average Bonchev–Trinajstić information content (AvgIpc) is 3.13. The topological polar surface area (TPSA) is 88.3 Å². The quantitative estimate of drug-likeness (QED) is 0.770. The summed E-state index contributed by atoms with van der Waals surface area (Å²) in [5, 5.41) is 7.53. The van der Waals surface area contributed by atoms with Gasteiger partial charge in [0.1, 0.15) is 6.04 Å². The van der Waals surface area contributed by atoms with Gasteiger partial charge in [0, 0.05) is 23.2 Å². The summed E-state index contributed by atoms with van der Waals surface area (Å²) in [6.07, 6.45) is 1.38. The van der Waals surface area contributed by atoms with Gasteiger partial charge in [-0.3, -0.25) is 9.59 Å². The fourth-order valence-electron chi connectivity index (χ4n) is 3.61. The zero-order chi connectivity index (χ0) is 21.1. The maximum absolute atomic E-state index is 13.2. The highest BCUT2D eigenvalue weighted by Gasteiger charge is 2.39. The molecule has 1 saturated heterocycles. The van der Waals surface area contributed by atoms with Gasteiger partial charge in [0.15, 0.2) is 0 Å². The second kappa shape index (κ2) is 8.95. The average molecular weight is 419 g/mol. The van der Waals surface area contributed by atoms with E-state index < -0.39 is 6.04 Å². The van der Waals surface area contributed by atoms with Crippen LogP contribution in [0.4, 0.5) is 0 Å². The lowest BCUT2D eigenvalue weighted by Crippen LogP contribution is -2.62. The first-order chi connectivity index (χ1) is 13.7. The summed E-state index contributed by atoms with van der Waals surface area (Å²) in [6, 6.07) is 6.30. The summed E-state index contributed by atoms with van der Waals surface area (Å²) in [7, 11) is 0. The molecule has 1 N–H and O–H groups in total. The minimum absolute atomic E-state index is 0.0401. The summed E-state index contributed by atoms with van der Waals surface area (Å²) >= 11 is 5.91. The molecule has 2 aromatic rings. The van der Waals surface area contributed by atoms with Crippen molar-refractivity contribution in [3.63, 3.8) is 0 Å². The van der Waals surface area contributed by atoms with Gasteiger partial charge >= 0.3 is 0 Å². The minimum atomic E-state index is -0.539. The monoisotopic (exact) mass is 418 g/mol. The Hall–Kier alpha value is -2.41. The number of piperazine rings is 1. The van der Waals surface area contributed by atoms with E-state index in [-0.39, 0.29) is 35.5 Å². The summed E-state index contributed by atoms with van der Waals surface area (Å²) in [4.78, 5) is 31.8. The molecule has 29 heavy (non-hydrogen) atoms. The Labute approximate surface area is 175 Å². The number of rotatable bonds is 6. The zero-order valence-corrected chi connectivity index (χ0v) is 17.9. The van der Waals surface area contributed by atoms with Crippen molar-refractivity contribution in [2.24, 2.45) is 11.8 Å². The standard InChI is InChI=1S/C21H27ClN4O3/c1-12(2)9-16-11-26(17(10-13(3)4)19(27)23-16)21(28)18-24-20(29-25-18)14-5-7-15(22)8-6-14/h5-8,12-13,16-17H,9-11H2,1-4H3,(H,23,27). The smallest absolute Gasteiger partial charge is 0.296 e. The number of benzene rings is 1. The van der Waals surface area contributed by atoms with E-state index >= 15 is 0 Å². The Morgan fingerprint density at radius 1 is 1.21 bits per heavy atom. The Morgan fingerprint density at radius 2 is 1.86 bits per heavy atom. The molecule has 2 amide bonds. The lowest BCUT2D eigenvalue weighted by Gasteiger charge is -2.40. The third-order valence-electron chi connectivity index (χ3n) is 4.86. The van der Waals surface area contributed by atoms with Crippen molar-refractivity contribution in [1.82, 2.24) is 20.4 Å². The van der Waals surface area contributed by atoms with Crippen LogP contribution in [0, 0.1) is 11.8 Å². The van der Waals surface area contributed by atoms with E-state index in [0.29, 0.717) is 29.5 Å². The Morgan fingerprint density at radius 3 is 2.48 bits per heavy atom. The highest BCUT2D eigenvalue weighted by Crippen LogP contribution is 2.23. The van der Waals surface area contributed by atoms with Gasteiger partial charge in [-0.1, -0.05) is 44.5 Å². The van der Waals surface area contributed by atoms with E-state index in [1.165, 1.54) is 0 Å². The first-order valence-corrected chi connectivity index (χ1v) is 10.3. The van der Waals surface area contributed by atoms with Crippen molar-refractivity contribution in [3.05, 3.63) is 35.1 Å². The third kappa shape index (κ3) is 5.15. The fourth-order valence-corrected chi connectivity index (χ4v) is 3.73. The van der Waals surface area contributed by atoms with Crippen molar-refractivity contribution in [1.29, 1.82) is 0 Å². The zero-order valence-electron chi connectivity index (χ0n) is 17.2. The SMILES string of the molecule is CC(C)CC1CN(C(=O)c2noc(-c3ccc(Cl)cc3)n2)C(CC(C)C)C(=O)N1. The second-order valence-corrected chi connectivity index (χ2v) is 8.80. The predicted octanol–water partition coefficient (Wildman–Crippen LogP) is 3.79. The first-order valence-electron chi connectivity index (χ1n) is 9.95. The van der Waals surface area contributed by atoms with E-state index in [9.17, 15) is 9.59 Å². The van der Waals surface area contributed by atoms with E-state index in [0.717, 1.165) is 6.42 Å². The van der Waals surface area contributed by atoms with Crippen LogP contribution in [0.5, 0.6) is 0 Å². The number of amides is 2. The van der Waals surface area contributed by atoms with Gasteiger partial charge in [0.25, 0.3) is 17.6 Å². The molecule has 0 bridgehead atoms. The summed E-state index contributed by atoms with van der Waals surface area (Å²) in [6.45, 7) is 8.68. The Kier molecular flexibility index (Phi) is 6.57. The molecule has 0 aliphatic carbocycles. The number of hydrogen-bond donors (Lipinski definition) is 1. The molecule has 8 heteroatoms. The van der Waals surface area contributed by atoms with Gasteiger partial charge in [0.05, 0.1) is 0 Å². The first kappa shape index (κ1) is 21.3. The summed E-state index contributed by atoms with van der Waals surface area (Å²) in [5.74, 6) is 0.360. The molecule has 7 nitrogen and oxygen atoms in total. The van der Waals surface area contributed by atoms with Crippen LogP contribution >= 0.6 is 11.6 Å². The van der Waals surface area contributed by atoms with Crippen molar-refractivity contribution in [2.45, 2.75) is 52.6 Å². The molecular weight excluding hydrogens is 392 g/mol. The molecule has 1 aromatic carbocycles. The molecule has 2 atom stereocenters. The van der Waals surface area contributed by atoms with Gasteiger partial charge in [-0.15, -0.1) is 0 Å². The van der Waals surface area contributed by atoms with Crippen molar-refractivity contribution in [3.8, 4) is 11.5 Å². The van der Waals surface area contributed by atoms with E-state index in [1.807, 2.05) is 13.8 Å². The maximum atomic E-state index is 13.2. The number of carbonyl (C=O) groups excluding carboxylic acids is 2. The normalized spacial score (nSPS) is 19.7. The molecule has 1 aromatic heterocycles. The van der Waals surface area contributed by atoms with Gasteiger partial charge in [-0.25, -0.2) is 0 Å². The molecule has 2 heterocycles. The number of aromatic nitrogens is 2. The molecule has 3 rings (SSSR count). The molecule has 2 unspecified atom stereocenters. The van der Waals surface area contributed by atoms with Crippen molar-refractivity contribution < 1.29 is 14.1 Å². The summed E-state index contributed by atoms with van der Waals surface area (Å²) in [5.41, 5.74) is 0.675. The molecule has 0 spiro atoms. The second-order valence-electron chi connectivity index (χ2n) is 8.37. The molecular formula is C21H27ClN4O3. The lowest BCUT2D eigenvalue weighted by atomic mass is 9.95. The highest BCUT2D eigenvalue weighted by molar-refractivity contribution is 6.30. The van der Waals surface area contributed by atoms with Crippen LogP contribution in [0.2, 0.25) is 5.02 Å². The molecule has 1 aliphatic rings. The maximum Gasteiger partial charge on any atom is 0.296 e. The van der Waals surface area contributed by atoms with E-state index in [4.69, 9.17) is 16.1 Å². The van der Waals surface area contributed by atoms with Gasteiger partial charge in [0.2, 0.25) is 5.91 Å². The fraction of sp³-hybridized carbons (Fsp3) is 0.524. The molecule has 1 fully saturated rings. The Bertz CT molecular complexity index is 863. The van der Waals surface area contributed by atoms with Crippen LogP contribution in [0.3, 0.4) is 0 Å². The highest BCUT2D eigenvalue weighted by atomic mass is 35.5. The van der Waals surface area contributed by atoms with Crippen LogP contribution in [-0.2, 0) is 4.79 Å². The van der Waals surface area contributed by atoms with E-state index in [1.54, 1.807) is 29.2 Å². The van der Waals surface area contributed by atoms with Crippen molar-refractivity contribution >= 4 is 23.4 Å². The van der Waals surface area contributed by atoms with Crippen LogP contribution in [0.1, 0.15) is 51.2 Å². The van der Waals surface area contributed by atoms with Crippen LogP contribution < -0.4 is 5.32 Å². The molecule has 0 radical (unpaired) electrons. The predicted molar refractivity (Wildman–Crippen MR) is 110 cm³/mol. The Balaban J connectivity index is 1.85. The third-order valence-corrected chi connectivity index (χ3v) is 5.11. The number of hydrogen-bond acceptors (Lipinski definition) is 5. The van der Waals surface area contributed by atoms with Crippen LogP contribution in [-0.4, -0.2) is 45.5 Å². The summed E-state index contributed by atoms with van der Waals surface area (Å²) < 4.78 is 5.28. The van der Waals surface area contributed by atoms with Crippen molar-refractivity contribution in [2.75, 3.05) is 6.54 Å². The number of nitrogens with one attached hydrogen (secondary N) is 1. The van der Waals surface area contributed by atoms with Gasteiger partial charge < -0.3 is 14.7 Å². The number of nitrogens with zero attached hydrogens (tertiary/aromatic N) is 3. The van der Waals surface area contributed by atoms with Crippen LogP contribution in [0.15, 0.2) is 28.8 Å². The van der Waals surface area contributed by atoms with Gasteiger partial charge in [-0.05, 0) is 48.9 Å². The largest absolute Gasteiger partial charge is 0.350 e.